The smallest absolute Gasteiger partial charge is 0.475 e. The second-order valence-corrected chi connectivity index (χ2v) is 9.51. The van der Waals surface area contributed by atoms with Crippen molar-refractivity contribution >= 4 is 35.1 Å². The maximum atomic E-state index is 10.6. The number of aliphatic carboxylic acids is 3. The molecule has 0 aromatic carbocycles. The average molecular weight is 659 g/mol. The summed E-state index contributed by atoms with van der Waals surface area (Å²) in [5.41, 5.74) is 1.34. The summed E-state index contributed by atoms with van der Waals surface area (Å²) in [7, 11) is 4.25. The molecule has 0 aliphatic carbocycles. The number of carboxylic acids is 3. The Morgan fingerprint density at radius 3 is 1.74 bits per heavy atom. The van der Waals surface area contributed by atoms with Crippen LogP contribution in [0.5, 0.6) is 0 Å². The normalized spacial score (nSPS) is 13.6. The van der Waals surface area contributed by atoms with Gasteiger partial charge in [0, 0.05) is 55.9 Å². The van der Waals surface area contributed by atoms with Crippen molar-refractivity contribution < 1.29 is 69.2 Å². The summed E-state index contributed by atoms with van der Waals surface area (Å²) in [4.78, 5) is 40.0. The van der Waals surface area contributed by atoms with E-state index >= 15 is 0 Å². The zero-order valence-electron chi connectivity index (χ0n) is 22.4. The van der Waals surface area contributed by atoms with Gasteiger partial charge in [0.15, 0.2) is 0 Å². The largest absolute Gasteiger partial charge is 0.490 e. The van der Waals surface area contributed by atoms with E-state index in [0.29, 0.717) is 0 Å². The van der Waals surface area contributed by atoms with Crippen LogP contribution in [-0.4, -0.2) is 107 Å². The molecule has 0 fully saturated rings. The summed E-state index contributed by atoms with van der Waals surface area (Å²) in [6, 6.07) is 8.63. The first-order valence-corrected chi connectivity index (χ1v) is 12.4. The molecule has 2 aromatic heterocycles. The molecule has 244 valence electrons. The molecular formula is C23H27F9N4O6S. The zero-order valence-corrected chi connectivity index (χ0v) is 23.2. The molecule has 0 spiro atoms. The molecule has 3 N–H and O–H groups in total. The van der Waals surface area contributed by atoms with E-state index < -0.39 is 36.4 Å². The van der Waals surface area contributed by atoms with Crippen LogP contribution >= 0.6 is 11.3 Å². The fourth-order valence-corrected chi connectivity index (χ4v) is 3.57. The van der Waals surface area contributed by atoms with Crippen LogP contribution in [0.3, 0.4) is 0 Å². The number of fused-ring (bicyclic) bond motifs is 1. The molecule has 1 aliphatic heterocycles. The SMILES string of the molecule is CN(C)CCN1CCN(Cc2cccs2)Cc2cccnc21.O=C(O)C(F)(F)F.O=C(O)C(F)(F)F.O=C(O)C(F)(F)F. The number of hydrogen-bond acceptors (Lipinski definition) is 8. The Morgan fingerprint density at radius 1 is 0.860 bits per heavy atom. The van der Waals surface area contributed by atoms with Gasteiger partial charge in [-0.2, -0.15) is 39.5 Å². The lowest BCUT2D eigenvalue weighted by molar-refractivity contribution is -0.193. The molecule has 10 nitrogen and oxygen atoms in total. The highest BCUT2D eigenvalue weighted by Gasteiger charge is 2.39. The van der Waals surface area contributed by atoms with Crippen molar-refractivity contribution in [1.82, 2.24) is 14.8 Å². The second kappa shape index (κ2) is 17.5. The number of likely N-dealkylation sites (N-methyl/N-ethyl adjacent to an activating group) is 1. The summed E-state index contributed by atoms with van der Waals surface area (Å²) in [6.07, 6.45) is -13.3. The molecule has 0 radical (unpaired) electrons. The average Bonchev–Trinajstić information content (AvgIpc) is 3.30. The van der Waals surface area contributed by atoms with E-state index in [1.165, 1.54) is 10.4 Å². The molecule has 0 unspecified atom stereocenters. The van der Waals surface area contributed by atoms with Crippen molar-refractivity contribution in [2.75, 3.05) is 45.2 Å². The van der Waals surface area contributed by atoms with Crippen LogP contribution in [0.2, 0.25) is 0 Å². The first kappa shape index (κ1) is 39.4. The Morgan fingerprint density at radius 2 is 1.35 bits per heavy atom. The minimum Gasteiger partial charge on any atom is -0.475 e. The molecule has 0 amide bonds. The summed E-state index contributed by atoms with van der Waals surface area (Å²) in [5, 5.41) is 23.5. The fraction of sp³-hybridized carbons (Fsp3) is 0.478. The Balaban J connectivity index is 0.000000690. The number of nitrogens with zero attached hydrogens (tertiary/aromatic N) is 4. The van der Waals surface area contributed by atoms with Crippen molar-refractivity contribution in [1.29, 1.82) is 0 Å². The zero-order chi connectivity index (χ0) is 33.6. The van der Waals surface area contributed by atoms with Crippen LogP contribution in [0.15, 0.2) is 35.8 Å². The monoisotopic (exact) mass is 658 g/mol. The van der Waals surface area contributed by atoms with Crippen molar-refractivity contribution in [3.8, 4) is 0 Å². The van der Waals surface area contributed by atoms with Crippen LogP contribution in [0.4, 0.5) is 45.3 Å². The van der Waals surface area contributed by atoms with E-state index in [-0.39, 0.29) is 0 Å². The Hall–Kier alpha value is -3.65. The minimum atomic E-state index is -5.08. The van der Waals surface area contributed by atoms with Gasteiger partial charge in [-0.05, 0) is 31.6 Å². The summed E-state index contributed by atoms with van der Waals surface area (Å²) >= 11 is 1.84. The van der Waals surface area contributed by atoms with Gasteiger partial charge in [-0.15, -0.1) is 11.3 Å². The predicted octanol–water partition coefficient (Wildman–Crippen LogP) is 4.43. The maximum absolute atomic E-state index is 10.6. The van der Waals surface area contributed by atoms with E-state index in [9.17, 15) is 39.5 Å². The first-order valence-electron chi connectivity index (χ1n) is 11.5. The molecule has 3 rings (SSSR count). The Kier molecular flexibility index (Phi) is 16.0. The van der Waals surface area contributed by atoms with E-state index in [1.54, 1.807) is 0 Å². The molecule has 43 heavy (non-hydrogen) atoms. The molecule has 3 heterocycles. The number of carboxylic acid groups (broad SMARTS) is 3. The number of pyridine rings is 1. The topological polar surface area (TPSA) is 135 Å². The van der Waals surface area contributed by atoms with Gasteiger partial charge in [0.25, 0.3) is 0 Å². The van der Waals surface area contributed by atoms with Crippen LogP contribution < -0.4 is 4.90 Å². The highest BCUT2D eigenvalue weighted by molar-refractivity contribution is 7.09. The van der Waals surface area contributed by atoms with Gasteiger partial charge in [-0.3, -0.25) is 4.90 Å². The van der Waals surface area contributed by atoms with Gasteiger partial charge in [0.2, 0.25) is 0 Å². The molecule has 0 saturated heterocycles. The second-order valence-electron chi connectivity index (χ2n) is 8.48. The number of halogens is 9. The lowest BCUT2D eigenvalue weighted by Gasteiger charge is -2.25. The molecular weight excluding hydrogens is 631 g/mol. The Labute approximate surface area is 242 Å². The molecule has 20 heteroatoms. The fourth-order valence-electron chi connectivity index (χ4n) is 2.82. The van der Waals surface area contributed by atoms with Crippen molar-refractivity contribution in [2.24, 2.45) is 0 Å². The van der Waals surface area contributed by atoms with Gasteiger partial charge >= 0.3 is 36.4 Å². The highest BCUT2D eigenvalue weighted by atomic mass is 32.1. The van der Waals surface area contributed by atoms with E-state index in [0.717, 1.165) is 45.1 Å². The summed E-state index contributed by atoms with van der Waals surface area (Å²) < 4.78 is 95.2. The van der Waals surface area contributed by atoms with Gasteiger partial charge < -0.3 is 25.1 Å². The molecule has 0 atom stereocenters. The number of thiophene rings is 1. The third-order valence-electron chi connectivity index (χ3n) is 4.75. The third kappa shape index (κ3) is 17.2. The van der Waals surface area contributed by atoms with Gasteiger partial charge in [0.1, 0.15) is 5.82 Å². The Bertz CT molecular complexity index is 1090. The number of carbonyl (C=O) groups is 3. The van der Waals surface area contributed by atoms with Crippen molar-refractivity contribution in [3.05, 3.63) is 46.3 Å². The van der Waals surface area contributed by atoms with E-state index in [1.807, 2.05) is 17.5 Å². The number of alkyl halides is 9. The van der Waals surface area contributed by atoms with E-state index in [4.69, 9.17) is 29.7 Å². The van der Waals surface area contributed by atoms with Gasteiger partial charge in [-0.25, -0.2) is 19.4 Å². The molecule has 1 aliphatic rings. The standard InChI is InChI=1S/C17H24N4S.3C2HF3O2/c1-19(2)8-10-21-11-9-20(14-16-6-4-12-22-16)13-15-5-3-7-18-17(15)21;3*3-2(4,5)1(6)7/h3-7,12H,8-11,13-14H2,1-2H3;3*(H,6,7). The summed E-state index contributed by atoms with van der Waals surface area (Å²) in [5.74, 6) is -7.11. The van der Waals surface area contributed by atoms with Gasteiger partial charge in [-0.1, -0.05) is 12.1 Å². The summed E-state index contributed by atoms with van der Waals surface area (Å²) in [6.45, 7) is 6.24. The van der Waals surface area contributed by atoms with Crippen LogP contribution in [0.25, 0.3) is 0 Å². The van der Waals surface area contributed by atoms with Crippen molar-refractivity contribution in [2.45, 2.75) is 31.6 Å². The first-order chi connectivity index (χ1) is 19.6. The van der Waals surface area contributed by atoms with Crippen LogP contribution in [0.1, 0.15) is 10.4 Å². The maximum Gasteiger partial charge on any atom is 0.490 e. The third-order valence-corrected chi connectivity index (χ3v) is 5.61. The molecule has 0 saturated carbocycles. The van der Waals surface area contributed by atoms with Gasteiger partial charge in [0.05, 0.1) is 0 Å². The lowest BCUT2D eigenvalue weighted by atomic mass is 10.2. The number of hydrogen-bond donors (Lipinski definition) is 3. The minimum absolute atomic E-state index is 0.986. The van der Waals surface area contributed by atoms with Crippen LogP contribution in [0, 0.1) is 0 Å². The lowest BCUT2D eigenvalue weighted by Crippen LogP contribution is -2.36. The predicted molar refractivity (Wildman–Crippen MR) is 135 cm³/mol. The number of aromatic nitrogens is 1. The highest BCUT2D eigenvalue weighted by Crippen LogP contribution is 2.24. The number of anilines is 1. The van der Waals surface area contributed by atoms with Crippen LogP contribution in [-0.2, 0) is 27.5 Å². The molecule has 0 bridgehead atoms. The van der Waals surface area contributed by atoms with E-state index in [2.05, 4.69) is 63.4 Å². The van der Waals surface area contributed by atoms with Crippen molar-refractivity contribution in [3.63, 3.8) is 0 Å². The quantitative estimate of drug-likeness (QED) is 0.397. The molecule has 2 aromatic rings. The number of rotatable bonds is 5.